The van der Waals surface area contributed by atoms with Crippen molar-refractivity contribution < 1.29 is 14.3 Å². The van der Waals surface area contributed by atoms with Crippen LogP contribution in [-0.4, -0.2) is 18.0 Å². The highest BCUT2D eigenvalue weighted by Crippen LogP contribution is 2.22. The van der Waals surface area contributed by atoms with Gasteiger partial charge >= 0.3 is 11.8 Å². The molecule has 2 N–H and O–H groups in total. The molecule has 0 fully saturated rings. The van der Waals surface area contributed by atoms with Gasteiger partial charge in [0.1, 0.15) is 12.4 Å². The molecule has 0 aliphatic carbocycles. The molecule has 158 valence electrons. The Kier molecular flexibility index (Phi) is 7.65. The largest absolute Gasteiger partial charge is 0.489 e. The van der Waals surface area contributed by atoms with E-state index >= 15 is 0 Å². The van der Waals surface area contributed by atoms with Crippen molar-refractivity contribution in [1.82, 2.24) is 5.43 Å². The van der Waals surface area contributed by atoms with E-state index in [1.54, 1.807) is 49.4 Å². The lowest BCUT2D eigenvalue weighted by Gasteiger charge is -2.08. The Labute approximate surface area is 189 Å². The lowest BCUT2D eigenvalue weighted by Crippen LogP contribution is -2.32. The number of carbonyl (C=O) groups is 2. The zero-order valence-electron chi connectivity index (χ0n) is 16.6. The molecule has 3 aromatic rings. The van der Waals surface area contributed by atoms with Crippen LogP contribution in [-0.2, 0) is 16.2 Å². The number of halogens is 2. The average molecular weight is 456 g/mol. The normalized spacial score (nSPS) is 10.7. The molecule has 0 aliphatic heterocycles. The topological polar surface area (TPSA) is 79.8 Å². The summed E-state index contributed by atoms with van der Waals surface area (Å²) >= 11 is 11.9. The maximum Gasteiger partial charge on any atom is 0.329 e. The first-order valence-electron chi connectivity index (χ1n) is 9.29. The summed E-state index contributed by atoms with van der Waals surface area (Å²) < 4.78 is 5.72. The first kappa shape index (κ1) is 22.3. The molecule has 0 saturated heterocycles. The van der Waals surface area contributed by atoms with Crippen LogP contribution in [0.3, 0.4) is 0 Å². The summed E-state index contributed by atoms with van der Waals surface area (Å²) in [4.78, 5) is 23.9. The number of hydrogen-bond acceptors (Lipinski definition) is 4. The minimum Gasteiger partial charge on any atom is -0.489 e. The molecular formula is C23H19Cl2N3O3. The van der Waals surface area contributed by atoms with Crippen molar-refractivity contribution in [2.45, 2.75) is 13.5 Å². The van der Waals surface area contributed by atoms with Crippen molar-refractivity contribution in [2.75, 3.05) is 5.32 Å². The van der Waals surface area contributed by atoms with Gasteiger partial charge in [0.15, 0.2) is 0 Å². The lowest BCUT2D eigenvalue weighted by molar-refractivity contribution is -0.136. The highest BCUT2D eigenvalue weighted by molar-refractivity contribution is 6.40. The molecule has 0 atom stereocenters. The number of ether oxygens (including phenoxy) is 1. The number of hydrogen-bond donors (Lipinski definition) is 2. The van der Waals surface area contributed by atoms with Crippen LogP contribution >= 0.6 is 23.2 Å². The van der Waals surface area contributed by atoms with Gasteiger partial charge in [0, 0.05) is 15.7 Å². The van der Waals surface area contributed by atoms with Crippen LogP contribution in [0.15, 0.2) is 71.8 Å². The molecule has 0 aliphatic rings. The fourth-order valence-electron chi connectivity index (χ4n) is 2.54. The van der Waals surface area contributed by atoms with Crippen molar-refractivity contribution in [3.63, 3.8) is 0 Å². The van der Waals surface area contributed by atoms with Gasteiger partial charge in [-0.1, -0.05) is 41.4 Å². The van der Waals surface area contributed by atoms with Gasteiger partial charge in [0.05, 0.1) is 6.21 Å². The summed E-state index contributed by atoms with van der Waals surface area (Å²) in [6, 6.07) is 19.6. The van der Waals surface area contributed by atoms with Gasteiger partial charge in [0.25, 0.3) is 0 Å². The first-order chi connectivity index (χ1) is 14.9. The van der Waals surface area contributed by atoms with Crippen LogP contribution in [0.5, 0.6) is 5.75 Å². The van der Waals surface area contributed by atoms with Crippen LogP contribution in [0.25, 0.3) is 0 Å². The van der Waals surface area contributed by atoms with Crippen LogP contribution in [0.1, 0.15) is 16.7 Å². The third-order valence-electron chi connectivity index (χ3n) is 4.30. The molecule has 3 rings (SSSR count). The summed E-state index contributed by atoms with van der Waals surface area (Å²) in [6.07, 6.45) is 1.43. The number of nitrogens with zero attached hydrogens (tertiary/aromatic N) is 1. The van der Waals surface area contributed by atoms with E-state index in [-0.39, 0.29) is 0 Å². The Hall–Kier alpha value is -3.35. The van der Waals surface area contributed by atoms with Crippen LogP contribution < -0.4 is 15.5 Å². The van der Waals surface area contributed by atoms with Crippen LogP contribution in [0.4, 0.5) is 5.69 Å². The summed E-state index contributed by atoms with van der Waals surface area (Å²) in [5, 5.41) is 7.49. The Morgan fingerprint density at radius 1 is 0.968 bits per heavy atom. The number of amides is 2. The molecule has 3 aromatic carbocycles. The van der Waals surface area contributed by atoms with E-state index in [9.17, 15) is 9.59 Å². The molecule has 0 bridgehead atoms. The Morgan fingerprint density at radius 2 is 1.68 bits per heavy atom. The van der Waals surface area contributed by atoms with Gasteiger partial charge in [-0.25, -0.2) is 5.43 Å². The van der Waals surface area contributed by atoms with Crippen molar-refractivity contribution in [1.29, 1.82) is 0 Å². The average Bonchev–Trinajstić information content (AvgIpc) is 2.77. The molecular weight excluding hydrogens is 437 g/mol. The van der Waals surface area contributed by atoms with Crippen molar-refractivity contribution in [3.05, 3.63) is 93.5 Å². The van der Waals surface area contributed by atoms with Gasteiger partial charge in [-0.2, -0.15) is 5.10 Å². The summed E-state index contributed by atoms with van der Waals surface area (Å²) in [5.41, 5.74) is 5.06. The SMILES string of the molecule is Cc1c(Cl)cccc1NC(=O)C(=O)N/N=C/c1ccc(OCc2ccc(Cl)cc2)cc1. The third kappa shape index (κ3) is 6.57. The van der Waals surface area contributed by atoms with Crippen molar-refractivity contribution in [3.8, 4) is 5.75 Å². The van der Waals surface area contributed by atoms with Gasteiger partial charge in [0.2, 0.25) is 0 Å². The second-order valence-electron chi connectivity index (χ2n) is 6.55. The predicted molar refractivity (Wildman–Crippen MR) is 123 cm³/mol. The minimum absolute atomic E-state index is 0.419. The molecule has 8 heteroatoms. The minimum atomic E-state index is -0.890. The van der Waals surface area contributed by atoms with Gasteiger partial charge in [-0.3, -0.25) is 9.59 Å². The molecule has 0 radical (unpaired) electrons. The number of nitrogens with one attached hydrogen (secondary N) is 2. The van der Waals surface area contributed by atoms with Crippen LogP contribution in [0.2, 0.25) is 10.0 Å². The second kappa shape index (κ2) is 10.6. The molecule has 0 spiro atoms. The number of anilines is 1. The molecule has 6 nitrogen and oxygen atoms in total. The van der Waals surface area contributed by atoms with Gasteiger partial charge in [-0.15, -0.1) is 0 Å². The molecule has 0 aromatic heterocycles. The number of carbonyl (C=O) groups excluding carboxylic acids is 2. The molecule has 0 saturated carbocycles. The van der Waals surface area contributed by atoms with E-state index in [1.165, 1.54) is 6.21 Å². The van der Waals surface area contributed by atoms with E-state index in [2.05, 4.69) is 15.8 Å². The molecule has 0 unspecified atom stereocenters. The fraction of sp³-hybridized carbons (Fsp3) is 0.0870. The number of benzene rings is 3. The summed E-state index contributed by atoms with van der Waals surface area (Å²) in [7, 11) is 0. The monoisotopic (exact) mass is 455 g/mol. The van der Waals surface area contributed by atoms with E-state index in [0.29, 0.717) is 33.7 Å². The predicted octanol–water partition coefficient (Wildman–Crippen LogP) is 4.97. The summed E-state index contributed by atoms with van der Waals surface area (Å²) in [5.74, 6) is -1.04. The lowest BCUT2D eigenvalue weighted by atomic mass is 10.2. The zero-order valence-corrected chi connectivity index (χ0v) is 18.1. The molecule has 2 amide bonds. The summed E-state index contributed by atoms with van der Waals surface area (Å²) in [6.45, 7) is 2.17. The zero-order chi connectivity index (χ0) is 22.2. The van der Waals surface area contributed by atoms with Gasteiger partial charge in [-0.05, 0) is 72.1 Å². The van der Waals surface area contributed by atoms with E-state index in [1.807, 2.05) is 24.3 Å². The van der Waals surface area contributed by atoms with Crippen molar-refractivity contribution in [2.24, 2.45) is 5.10 Å². The first-order valence-corrected chi connectivity index (χ1v) is 10.0. The quantitative estimate of drug-likeness (QED) is 0.312. The number of hydrazone groups is 1. The fourth-order valence-corrected chi connectivity index (χ4v) is 2.84. The van der Waals surface area contributed by atoms with E-state index in [4.69, 9.17) is 27.9 Å². The van der Waals surface area contributed by atoms with E-state index in [0.717, 1.165) is 11.1 Å². The Bertz CT molecular complexity index is 1100. The highest BCUT2D eigenvalue weighted by Gasteiger charge is 2.14. The van der Waals surface area contributed by atoms with E-state index < -0.39 is 11.8 Å². The second-order valence-corrected chi connectivity index (χ2v) is 7.39. The Morgan fingerprint density at radius 3 is 2.39 bits per heavy atom. The van der Waals surface area contributed by atoms with Crippen LogP contribution in [0, 0.1) is 6.92 Å². The maximum absolute atomic E-state index is 12.0. The molecule has 0 heterocycles. The standard InChI is InChI=1S/C23H19Cl2N3O3/c1-15-20(25)3-2-4-21(15)27-22(29)23(30)28-26-13-16-7-11-19(12-8-16)31-14-17-5-9-18(24)10-6-17/h2-13H,14H2,1H3,(H,27,29)(H,28,30)/b26-13+. The third-order valence-corrected chi connectivity index (χ3v) is 4.96. The Balaban J connectivity index is 1.48. The van der Waals surface area contributed by atoms with Crippen molar-refractivity contribution >= 4 is 46.9 Å². The maximum atomic E-state index is 12.0. The van der Waals surface area contributed by atoms with Gasteiger partial charge < -0.3 is 10.1 Å². The highest BCUT2D eigenvalue weighted by atomic mass is 35.5. The smallest absolute Gasteiger partial charge is 0.329 e. The molecule has 31 heavy (non-hydrogen) atoms. The number of rotatable bonds is 6.